The number of thiophene rings is 1. The summed E-state index contributed by atoms with van der Waals surface area (Å²) in [6, 6.07) is 15.0. The summed E-state index contributed by atoms with van der Waals surface area (Å²) in [7, 11) is -0.841. The molecule has 0 saturated carbocycles. The summed E-state index contributed by atoms with van der Waals surface area (Å²) >= 11 is 1.29. The molecule has 0 aliphatic carbocycles. The van der Waals surface area contributed by atoms with Crippen LogP contribution >= 0.6 is 11.3 Å². The SMILES string of the molecule is COc1cc(C(=O)N(CCCc2ccccc2)Cc2cc(C(=O)CS(N)(=O)=O)cs2)cc(OC)c1C. The molecule has 3 rings (SSSR count). The van der Waals surface area contributed by atoms with Crippen molar-refractivity contribution in [3.8, 4) is 11.5 Å². The Morgan fingerprint density at radius 1 is 1.00 bits per heavy atom. The molecule has 0 radical (unpaired) electrons. The first-order valence-corrected chi connectivity index (χ1v) is 13.9. The molecule has 0 atom stereocenters. The third kappa shape index (κ3) is 7.39. The first-order chi connectivity index (χ1) is 17.1. The van der Waals surface area contributed by atoms with Gasteiger partial charge < -0.3 is 14.4 Å². The van der Waals surface area contributed by atoms with E-state index in [9.17, 15) is 18.0 Å². The van der Waals surface area contributed by atoms with Crippen molar-refractivity contribution in [1.29, 1.82) is 0 Å². The predicted molar refractivity (Wildman–Crippen MR) is 140 cm³/mol. The minimum atomic E-state index is -3.92. The van der Waals surface area contributed by atoms with Crippen LogP contribution in [0.1, 0.15) is 43.1 Å². The van der Waals surface area contributed by atoms with Crippen LogP contribution < -0.4 is 14.6 Å². The number of hydrogen-bond donors (Lipinski definition) is 1. The molecule has 1 heterocycles. The van der Waals surface area contributed by atoms with Crippen molar-refractivity contribution in [1.82, 2.24) is 4.90 Å². The van der Waals surface area contributed by atoms with E-state index in [2.05, 4.69) is 0 Å². The van der Waals surface area contributed by atoms with Gasteiger partial charge in [0.05, 0.1) is 20.8 Å². The fraction of sp³-hybridized carbons (Fsp3) is 0.308. The lowest BCUT2D eigenvalue weighted by Gasteiger charge is -2.23. The number of rotatable bonds is 12. The lowest BCUT2D eigenvalue weighted by atomic mass is 10.1. The number of carbonyl (C=O) groups excluding carboxylic acids is 2. The minimum Gasteiger partial charge on any atom is -0.496 e. The summed E-state index contributed by atoms with van der Waals surface area (Å²) in [4.78, 5) is 28.4. The van der Waals surface area contributed by atoms with Crippen LogP contribution in [0.25, 0.3) is 0 Å². The van der Waals surface area contributed by atoms with Gasteiger partial charge in [-0.05, 0) is 43.5 Å². The van der Waals surface area contributed by atoms with Gasteiger partial charge in [0.15, 0.2) is 5.78 Å². The van der Waals surface area contributed by atoms with E-state index in [4.69, 9.17) is 14.6 Å². The maximum absolute atomic E-state index is 13.6. The smallest absolute Gasteiger partial charge is 0.254 e. The Balaban J connectivity index is 1.84. The molecule has 0 saturated heterocycles. The van der Waals surface area contributed by atoms with Gasteiger partial charge in [0, 0.05) is 33.5 Å². The lowest BCUT2D eigenvalue weighted by molar-refractivity contribution is 0.0742. The Hall–Kier alpha value is -3.21. The molecule has 2 aromatic carbocycles. The summed E-state index contributed by atoms with van der Waals surface area (Å²) in [6.07, 6.45) is 1.53. The Morgan fingerprint density at radius 3 is 2.22 bits per heavy atom. The molecule has 192 valence electrons. The molecule has 0 bridgehead atoms. The van der Waals surface area contributed by atoms with E-state index in [1.165, 1.54) is 16.9 Å². The number of benzene rings is 2. The van der Waals surface area contributed by atoms with E-state index in [-0.39, 0.29) is 18.0 Å². The zero-order chi connectivity index (χ0) is 26.3. The average Bonchev–Trinajstić information content (AvgIpc) is 3.31. The average molecular weight is 531 g/mol. The summed E-state index contributed by atoms with van der Waals surface area (Å²) in [5.74, 6) is -0.436. The molecule has 0 unspecified atom stereocenters. The van der Waals surface area contributed by atoms with Crippen LogP contribution in [0.15, 0.2) is 53.9 Å². The van der Waals surface area contributed by atoms with Crippen LogP contribution in [0, 0.1) is 6.92 Å². The third-order valence-corrected chi connectivity index (χ3v) is 7.26. The van der Waals surface area contributed by atoms with Crippen LogP contribution in [0.3, 0.4) is 0 Å². The molecule has 1 amide bonds. The van der Waals surface area contributed by atoms with Crippen LogP contribution in [-0.4, -0.2) is 51.5 Å². The number of ketones is 1. The lowest BCUT2D eigenvalue weighted by Crippen LogP contribution is -2.31. The van der Waals surface area contributed by atoms with E-state index < -0.39 is 21.6 Å². The number of sulfonamides is 1. The number of amides is 1. The summed E-state index contributed by atoms with van der Waals surface area (Å²) < 4.78 is 33.5. The summed E-state index contributed by atoms with van der Waals surface area (Å²) in [5.41, 5.74) is 2.66. The van der Waals surface area contributed by atoms with Gasteiger partial charge in [0.25, 0.3) is 5.91 Å². The van der Waals surface area contributed by atoms with Crippen molar-refractivity contribution in [2.45, 2.75) is 26.3 Å². The number of methoxy groups -OCH3 is 2. The molecule has 0 spiro atoms. The maximum Gasteiger partial charge on any atom is 0.254 e. The summed E-state index contributed by atoms with van der Waals surface area (Å²) in [6.45, 7) is 2.60. The molecule has 36 heavy (non-hydrogen) atoms. The molecule has 0 aliphatic rings. The van der Waals surface area contributed by atoms with E-state index >= 15 is 0 Å². The van der Waals surface area contributed by atoms with Crippen LogP contribution in [0.4, 0.5) is 0 Å². The highest BCUT2D eigenvalue weighted by Gasteiger charge is 2.22. The van der Waals surface area contributed by atoms with E-state index in [0.717, 1.165) is 23.3 Å². The van der Waals surface area contributed by atoms with Crippen molar-refractivity contribution < 1.29 is 27.5 Å². The second-order valence-electron chi connectivity index (χ2n) is 8.35. The zero-order valence-corrected chi connectivity index (χ0v) is 22.2. The molecule has 2 N–H and O–H groups in total. The van der Waals surface area contributed by atoms with Crippen molar-refractivity contribution in [2.24, 2.45) is 5.14 Å². The van der Waals surface area contributed by atoms with Crippen molar-refractivity contribution in [3.63, 3.8) is 0 Å². The first kappa shape index (κ1) is 27.4. The number of primary sulfonamides is 1. The minimum absolute atomic E-state index is 0.203. The quantitative estimate of drug-likeness (QED) is 0.356. The van der Waals surface area contributed by atoms with Gasteiger partial charge in [-0.2, -0.15) is 0 Å². The van der Waals surface area contributed by atoms with Crippen LogP contribution in [-0.2, 0) is 23.0 Å². The Kier molecular flexibility index (Phi) is 9.25. The number of ether oxygens (including phenoxy) is 2. The molecule has 8 nitrogen and oxygen atoms in total. The number of nitrogens with zero attached hydrogens (tertiary/aromatic N) is 1. The highest BCUT2D eigenvalue weighted by molar-refractivity contribution is 7.89. The summed E-state index contributed by atoms with van der Waals surface area (Å²) in [5, 5.41) is 6.60. The van der Waals surface area contributed by atoms with Crippen molar-refractivity contribution in [3.05, 3.63) is 81.0 Å². The van der Waals surface area contributed by atoms with Gasteiger partial charge in [0.2, 0.25) is 10.0 Å². The van der Waals surface area contributed by atoms with Crippen LogP contribution in [0.5, 0.6) is 11.5 Å². The Bertz CT molecular complexity index is 1290. The van der Waals surface area contributed by atoms with Gasteiger partial charge in [-0.15, -0.1) is 11.3 Å². The number of nitrogens with two attached hydrogens (primary N) is 1. The normalized spacial score (nSPS) is 11.2. The number of aryl methyl sites for hydroxylation is 1. The van der Waals surface area contributed by atoms with Gasteiger partial charge >= 0.3 is 0 Å². The monoisotopic (exact) mass is 530 g/mol. The molecule has 0 aliphatic heterocycles. The number of carbonyl (C=O) groups is 2. The fourth-order valence-corrected chi connectivity index (χ4v) is 5.26. The molecular formula is C26H30N2O6S2. The first-order valence-electron chi connectivity index (χ1n) is 11.3. The Labute approximate surface area is 215 Å². The molecule has 10 heteroatoms. The van der Waals surface area contributed by atoms with Gasteiger partial charge in [-0.25, -0.2) is 13.6 Å². The zero-order valence-electron chi connectivity index (χ0n) is 20.5. The standard InChI is InChI=1S/C26H30N2O6S2/c1-18-24(33-2)13-20(14-25(18)34-3)26(30)28(11-7-10-19-8-5-4-6-9-19)15-22-12-21(16-35-22)23(29)17-36(27,31)32/h4-6,8-9,12-14,16H,7,10-11,15,17H2,1-3H3,(H2,27,31,32). The van der Waals surface area contributed by atoms with E-state index in [1.807, 2.05) is 37.3 Å². The maximum atomic E-state index is 13.6. The van der Waals surface area contributed by atoms with Gasteiger partial charge in [-0.3, -0.25) is 9.59 Å². The highest BCUT2D eigenvalue weighted by Crippen LogP contribution is 2.30. The van der Waals surface area contributed by atoms with Gasteiger partial charge in [-0.1, -0.05) is 30.3 Å². The topological polar surface area (TPSA) is 116 Å². The van der Waals surface area contributed by atoms with E-state index in [0.29, 0.717) is 23.6 Å². The van der Waals surface area contributed by atoms with E-state index in [1.54, 1.807) is 42.7 Å². The predicted octanol–water partition coefficient (Wildman–Crippen LogP) is 3.82. The third-order valence-electron chi connectivity index (χ3n) is 5.68. The van der Waals surface area contributed by atoms with Crippen molar-refractivity contribution >= 4 is 33.1 Å². The van der Waals surface area contributed by atoms with Crippen molar-refractivity contribution in [2.75, 3.05) is 26.5 Å². The largest absolute Gasteiger partial charge is 0.496 e. The number of Topliss-reactive ketones (excluding diaryl/α,β-unsaturated/α-hetero) is 1. The molecular weight excluding hydrogens is 500 g/mol. The van der Waals surface area contributed by atoms with Crippen LogP contribution in [0.2, 0.25) is 0 Å². The van der Waals surface area contributed by atoms with Gasteiger partial charge in [0.1, 0.15) is 17.3 Å². The fourth-order valence-electron chi connectivity index (χ4n) is 3.83. The molecule has 0 fully saturated rings. The molecule has 1 aromatic heterocycles. The second-order valence-corrected chi connectivity index (χ2v) is 11.0. The second kappa shape index (κ2) is 12.2. The number of hydrogen-bond acceptors (Lipinski definition) is 7. The highest BCUT2D eigenvalue weighted by atomic mass is 32.2. The Morgan fingerprint density at radius 2 is 1.64 bits per heavy atom. The molecule has 3 aromatic rings.